The van der Waals surface area contributed by atoms with Crippen LogP contribution in [0, 0.1) is 6.92 Å². The van der Waals surface area contributed by atoms with Crippen molar-refractivity contribution in [3.05, 3.63) is 78.4 Å². The number of para-hydroxylation sites is 1. The van der Waals surface area contributed by atoms with Gasteiger partial charge in [0.25, 0.3) is 0 Å². The molecular formula is C20H21N3OS. The molecular weight excluding hydrogens is 330 g/mol. The number of nitrogens with zero attached hydrogens (tertiary/aromatic N) is 2. The van der Waals surface area contributed by atoms with Crippen LogP contribution in [0.2, 0.25) is 0 Å². The number of carbonyl (C=O) groups excluding carboxylic acids is 1. The summed E-state index contributed by atoms with van der Waals surface area (Å²) >= 11 is 1.56. The van der Waals surface area contributed by atoms with E-state index >= 15 is 0 Å². The first kappa shape index (κ1) is 17.3. The molecule has 0 aliphatic carbocycles. The van der Waals surface area contributed by atoms with Crippen molar-refractivity contribution < 1.29 is 4.79 Å². The number of amides is 1. The van der Waals surface area contributed by atoms with Gasteiger partial charge in [0.1, 0.15) is 5.82 Å². The Morgan fingerprint density at radius 3 is 2.60 bits per heavy atom. The quantitative estimate of drug-likeness (QED) is 0.684. The summed E-state index contributed by atoms with van der Waals surface area (Å²) in [5.41, 5.74) is 2.11. The van der Waals surface area contributed by atoms with Gasteiger partial charge in [0.05, 0.1) is 10.9 Å². The van der Waals surface area contributed by atoms with Crippen LogP contribution in [-0.4, -0.2) is 20.7 Å². The average molecular weight is 351 g/mol. The normalized spacial score (nSPS) is 11.9. The third kappa shape index (κ3) is 4.31. The number of hydrogen-bond donors (Lipinski definition) is 1. The second-order valence-electron chi connectivity index (χ2n) is 5.76. The molecule has 0 bridgehead atoms. The van der Waals surface area contributed by atoms with Gasteiger partial charge in [-0.1, -0.05) is 36.4 Å². The van der Waals surface area contributed by atoms with Crippen LogP contribution in [0.15, 0.2) is 71.9 Å². The number of thioether (sulfide) groups is 1. The molecule has 0 unspecified atom stereocenters. The first-order valence-electron chi connectivity index (χ1n) is 8.23. The topological polar surface area (TPSA) is 46.9 Å². The van der Waals surface area contributed by atoms with E-state index < -0.39 is 0 Å². The van der Waals surface area contributed by atoms with E-state index in [-0.39, 0.29) is 11.2 Å². The number of hydrogen-bond acceptors (Lipinski definition) is 3. The van der Waals surface area contributed by atoms with Crippen LogP contribution in [0.3, 0.4) is 0 Å². The van der Waals surface area contributed by atoms with E-state index in [0.29, 0.717) is 6.54 Å². The van der Waals surface area contributed by atoms with Gasteiger partial charge >= 0.3 is 0 Å². The molecule has 1 N–H and O–H groups in total. The predicted molar refractivity (Wildman–Crippen MR) is 102 cm³/mol. The van der Waals surface area contributed by atoms with Gasteiger partial charge in [0.2, 0.25) is 5.91 Å². The lowest BCUT2D eigenvalue weighted by Crippen LogP contribution is -2.30. The fourth-order valence-electron chi connectivity index (χ4n) is 2.61. The molecule has 1 amide bonds. The Morgan fingerprint density at radius 1 is 1.16 bits per heavy atom. The summed E-state index contributed by atoms with van der Waals surface area (Å²) in [5, 5.41) is 2.90. The van der Waals surface area contributed by atoms with Gasteiger partial charge in [0, 0.05) is 23.8 Å². The van der Waals surface area contributed by atoms with E-state index in [4.69, 9.17) is 0 Å². The SMILES string of the molecule is Cc1nccn1-c1ccccc1CNC(=O)[C@H](C)Sc1ccccc1. The molecule has 0 aliphatic rings. The van der Waals surface area contributed by atoms with Crippen LogP contribution in [0.4, 0.5) is 0 Å². The van der Waals surface area contributed by atoms with Crippen LogP contribution >= 0.6 is 11.8 Å². The summed E-state index contributed by atoms with van der Waals surface area (Å²) in [7, 11) is 0. The second-order valence-corrected chi connectivity index (χ2v) is 7.18. The third-order valence-electron chi connectivity index (χ3n) is 3.96. The second kappa shape index (κ2) is 8.03. The molecule has 0 saturated carbocycles. The van der Waals surface area contributed by atoms with Gasteiger partial charge in [0.15, 0.2) is 0 Å². The predicted octanol–water partition coefficient (Wildman–Crippen LogP) is 3.98. The van der Waals surface area contributed by atoms with Crippen LogP contribution in [-0.2, 0) is 11.3 Å². The van der Waals surface area contributed by atoms with Crippen molar-refractivity contribution in [2.45, 2.75) is 30.5 Å². The fourth-order valence-corrected chi connectivity index (χ4v) is 3.52. The van der Waals surface area contributed by atoms with Gasteiger partial charge in [-0.3, -0.25) is 4.79 Å². The van der Waals surface area contributed by atoms with Crippen molar-refractivity contribution in [3.8, 4) is 5.69 Å². The highest BCUT2D eigenvalue weighted by Crippen LogP contribution is 2.23. The van der Waals surface area contributed by atoms with Crippen molar-refractivity contribution in [2.24, 2.45) is 0 Å². The van der Waals surface area contributed by atoms with Gasteiger partial charge in [-0.2, -0.15) is 0 Å². The first-order chi connectivity index (χ1) is 12.1. The number of carbonyl (C=O) groups is 1. The largest absolute Gasteiger partial charge is 0.351 e. The number of benzene rings is 2. The molecule has 5 heteroatoms. The Labute approximate surface area is 152 Å². The maximum atomic E-state index is 12.4. The highest BCUT2D eigenvalue weighted by Gasteiger charge is 2.15. The highest BCUT2D eigenvalue weighted by atomic mass is 32.2. The number of rotatable bonds is 6. The molecule has 3 rings (SSSR count). The Bertz CT molecular complexity index is 845. The lowest BCUT2D eigenvalue weighted by atomic mass is 10.1. The maximum Gasteiger partial charge on any atom is 0.233 e. The number of imidazole rings is 1. The van der Waals surface area contributed by atoms with E-state index in [1.54, 1.807) is 18.0 Å². The van der Waals surface area contributed by atoms with E-state index in [2.05, 4.69) is 10.3 Å². The summed E-state index contributed by atoms with van der Waals surface area (Å²) in [6.45, 7) is 4.39. The Morgan fingerprint density at radius 2 is 1.88 bits per heavy atom. The lowest BCUT2D eigenvalue weighted by molar-refractivity contribution is -0.120. The summed E-state index contributed by atoms with van der Waals surface area (Å²) in [4.78, 5) is 17.8. The molecule has 4 nitrogen and oxygen atoms in total. The smallest absolute Gasteiger partial charge is 0.233 e. The number of aryl methyl sites for hydroxylation is 1. The number of nitrogens with one attached hydrogen (secondary N) is 1. The molecule has 25 heavy (non-hydrogen) atoms. The molecule has 0 radical (unpaired) electrons. The van der Waals surface area contributed by atoms with Crippen molar-refractivity contribution >= 4 is 17.7 Å². The Hall–Kier alpha value is -2.53. The van der Waals surface area contributed by atoms with Crippen LogP contribution < -0.4 is 5.32 Å². The Kier molecular flexibility index (Phi) is 5.56. The highest BCUT2D eigenvalue weighted by molar-refractivity contribution is 8.00. The zero-order chi connectivity index (χ0) is 17.6. The minimum absolute atomic E-state index is 0.0333. The van der Waals surface area contributed by atoms with Crippen molar-refractivity contribution in [1.29, 1.82) is 0 Å². The van der Waals surface area contributed by atoms with E-state index in [1.807, 2.05) is 79.2 Å². The van der Waals surface area contributed by atoms with Crippen molar-refractivity contribution in [1.82, 2.24) is 14.9 Å². The van der Waals surface area contributed by atoms with Gasteiger partial charge in [-0.05, 0) is 37.6 Å². The van der Waals surface area contributed by atoms with E-state index in [9.17, 15) is 4.79 Å². The van der Waals surface area contributed by atoms with Crippen LogP contribution in [0.25, 0.3) is 5.69 Å². The summed E-state index contributed by atoms with van der Waals surface area (Å²) in [6.07, 6.45) is 3.72. The number of aromatic nitrogens is 2. The molecule has 0 fully saturated rings. The summed E-state index contributed by atoms with van der Waals surface area (Å²) < 4.78 is 2.03. The molecule has 1 heterocycles. The van der Waals surface area contributed by atoms with E-state index in [0.717, 1.165) is 22.0 Å². The zero-order valence-electron chi connectivity index (χ0n) is 14.3. The third-order valence-corrected chi connectivity index (χ3v) is 5.07. The summed E-state index contributed by atoms with van der Waals surface area (Å²) in [6, 6.07) is 18.0. The molecule has 2 aromatic carbocycles. The lowest BCUT2D eigenvalue weighted by Gasteiger charge is -2.15. The Balaban J connectivity index is 1.66. The van der Waals surface area contributed by atoms with Gasteiger partial charge in [-0.15, -0.1) is 11.8 Å². The molecule has 1 atom stereocenters. The standard InChI is InChI=1S/C20H21N3OS/c1-15(25-18-9-4-3-5-10-18)20(24)22-14-17-8-6-7-11-19(17)23-13-12-21-16(23)2/h3-13,15H,14H2,1-2H3,(H,22,24)/t15-/m0/s1. The van der Waals surface area contributed by atoms with Crippen LogP contribution in [0.5, 0.6) is 0 Å². The fraction of sp³-hybridized carbons (Fsp3) is 0.200. The molecule has 1 aromatic heterocycles. The molecule has 0 spiro atoms. The molecule has 128 valence electrons. The average Bonchev–Trinajstić information content (AvgIpc) is 3.06. The first-order valence-corrected chi connectivity index (χ1v) is 9.11. The summed E-state index contributed by atoms with van der Waals surface area (Å²) in [5.74, 6) is 0.956. The van der Waals surface area contributed by atoms with Crippen molar-refractivity contribution in [3.63, 3.8) is 0 Å². The molecule has 0 saturated heterocycles. The monoisotopic (exact) mass is 351 g/mol. The minimum atomic E-state index is -0.149. The molecule has 0 aliphatic heterocycles. The van der Waals surface area contributed by atoms with Crippen molar-refractivity contribution in [2.75, 3.05) is 0 Å². The van der Waals surface area contributed by atoms with Crippen LogP contribution in [0.1, 0.15) is 18.3 Å². The maximum absolute atomic E-state index is 12.4. The minimum Gasteiger partial charge on any atom is -0.351 e. The van der Waals surface area contributed by atoms with Gasteiger partial charge < -0.3 is 9.88 Å². The zero-order valence-corrected chi connectivity index (χ0v) is 15.2. The van der Waals surface area contributed by atoms with E-state index in [1.165, 1.54) is 0 Å². The van der Waals surface area contributed by atoms with Gasteiger partial charge in [-0.25, -0.2) is 4.98 Å². The molecule has 3 aromatic rings.